The molecule has 23 heavy (non-hydrogen) atoms. The molecule has 1 aromatic carbocycles. The highest BCUT2D eigenvalue weighted by Gasteiger charge is 2.14. The second-order valence-electron chi connectivity index (χ2n) is 4.64. The van der Waals surface area contributed by atoms with Crippen LogP contribution in [0, 0.1) is 18.3 Å². The number of aryl methyl sites for hydroxylation is 1. The normalized spacial score (nSPS) is 10.8. The van der Waals surface area contributed by atoms with Gasteiger partial charge in [0, 0.05) is 12.1 Å². The number of carbonyl (C=O) groups is 1. The van der Waals surface area contributed by atoms with E-state index in [1.165, 1.54) is 20.3 Å². The molecule has 1 amide bonds. The maximum Gasteiger partial charge on any atom is 0.266 e. The van der Waals surface area contributed by atoms with Gasteiger partial charge in [-0.15, -0.1) is 0 Å². The van der Waals surface area contributed by atoms with Gasteiger partial charge in [-0.2, -0.15) is 5.26 Å². The molecule has 2 aromatic rings. The Kier molecular flexibility index (Phi) is 5.05. The van der Waals surface area contributed by atoms with Crippen molar-refractivity contribution in [3.05, 3.63) is 47.4 Å². The van der Waals surface area contributed by atoms with Gasteiger partial charge in [0.25, 0.3) is 5.91 Å². The third-order valence-corrected chi connectivity index (χ3v) is 3.07. The van der Waals surface area contributed by atoms with Crippen molar-refractivity contribution < 1.29 is 18.7 Å². The van der Waals surface area contributed by atoms with Gasteiger partial charge in [0.05, 0.1) is 19.9 Å². The van der Waals surface area contributed by atoms with Crippen molar-refractivity contribution in [2.75, 3.05) is 19.5 Å². The zero-order chi connectivity index (χ0) is 16.8. The van der Waals surface area contributed by atoms with Gasteiger partial charge in [0.15, 0.2) is 0 Å². The molecule has 2 rings (SSSR count). The quantitative estimate of drug-likeness (QED) is 0.677. The van der Waals surface area contributed by atoms with E-state index in [0.29, 0.717) is 28.7 Å². The van der Waals surface area contributed by atoms with Crippen molar-refractivity contribution in [1.82, 2.24) is 0 Å². The molecule has 0 fully saturated rings. The second kappa shape index (κ2) is 7.18. The van der Waals surface area contributed by atoms with Crippen LogP contribution in [0.15, 0.2) is 40.3 Å². The summed E-state index contributed by atoms with van der Waals surface area (Å²) in [4.78, 5) is 12.3. The van der Waals surface area contributed by atoms with Gasteiger partial charge in [-0.3, -0.25) is 4.79 Å². The van der Waals surface area contributed by atoms with E-state index in [2.05, 4.69) is 5.32 Å². The smallest absolute Gasteiger partial charge is 0.266 e. The molecule has 6 nitrogen and oxygen atoms in total. The van der Waals surface area contributed by atoms with E-state index in [4.69, 9.17) is 13.9 Å². The van der Waals surface area contributed by atoms with Gasteiger partial charge >= 0.3 is 0 Å². The molecule has 0 spiro atoms. The van der Waals surface area contributed by atoms with E-state index >= 15 is 0 Å². The SMILES string of the molecule is COc1ccc(OC)c(NC(=O)/C(C#N)=C\c2ccc(C)o2)c1. The number of nitrogens with zero attached hydrogens (tertiary/aromatic N) is 1. The number of furan rings is 1. The zero-order valence-electron chi connectivity index (χ0n) is 13.0. The van der Waals surface area contributed by atoms with E-state index < -0.39 is 5.91 Å². The number of rotatable bonds is 5. The molecule has 0 saturated carbocycles. The Balaban J connectivity index is 2.26. The van der Waals surface area contributed by atoms with Crippen molar-refractivity contribution in [2.24, 2.45) is 0 Å². The summed E-state index contributed by atoms with van der Waals surface area (Å²) in [7, 11) is 3.01. The minimum atomic E-state index is -0.562. The molecular weight excluding hydrogens is 296 g/mol. The summed E-state index contributed by atoms with van der Waals surface area (Å²) >= 11 is 0. The average Bonchev–Trinajstić information content (AvgIpc) is 2.97. The van der Waals surface area contributed by atoms with Crippen LogP contribution in [-0.2, 0) is 4.79 Å². The number of hydrogen-bond donors (Lipinski definition) is 1. The lowest BCUT2D eigenvalue weighted by molar-refractivity contribution is -0.112. The van der Waals surface area contributed by atoms with Gasteiger partial charge in [-0.25, -0.2) is 0 Å². The first-order valence-electron chi connectivity index (χ1n) is 6.79. The van der Waals surface area contributed by atoms with Crippen LogP contribution in [0.4, 0.5) is 5.69 Å². The van der Waals surface area contributed by atoms with Crippen molar-refractivity contribution in [1.29, 1.82) is 5.26 Å². The number of methoxy groups -OCH3 is 2. The molecule has 0 bridgehead atoms. The molecule has 0 atom stereocenters. The van der Waals surface area contributed by atoms with Crippen LogP contribution in [-0.4, -0.2) is 20.1 Å². The fourth-order valence-corrected chi connectivity index (χ4v) is 1.92. The van der Waals surface area contributed by atoms with E-state index in [9.17, 15) is 10.1 Å². The van der Waals surface area contributed by atoms with Crippen molar-refractivity contribution in [2.45, 2.75) is 6.92 Å². The molecule has 0 aliphatic rings. The Hall–Kier alpha value is -3.20. The summed E-state index contributed by atoms with van der Waals surface area (Å²) in [5.41, 5.74) is 0.331. The summed E-state index contributed by atoms with van der Waals surface area (Å²) in [5.74, 6) is 1.60. The minimum absolute atomic E-state index is 0.0794. The zero-order valence-corrected chi connectivity index (χ0v) is 13.0. The highest BCUT2D eigenvalue weighted by atomic mass is 16.5. The number of ether oxygens (including phenoxy) is 2. The third kappa shape index (κ3) is 3.92. The lowest BCUT2D eigenvalue weighted by Crippen LogP contribution is -2.14. The standard InChI is InChI=1S/C17H16N2O4/c1-11-4-5-14(23-11)8-12(10-18)17(20)19-15-9-13(21-2)6-7-16(15)22-3/h4-9H,1-3H3,(H,19,20)/b12-8-. The number of carbonyl (C=O) groups excluding carboxylic acids is 1. The molecule has 1 N–H and O–H groups in total. The first kappa shape index (κ1) is 16.2. The summed E-state index contributed by atoms with van der Waals surface area (Å²) in [6.07, 6.45) is 1.38. The summed E-state index contributed by atoms with van der Waals surface area (Å²) in [6.45, 7) is 1.78. The number of nitriles is 1. The van der Waals surface area contributed by atoms with E-state index in [0.717, 1.165) is 0 Å². The lowest BCUT2D eigenvalue weighted by Gasteiger charge is -2.11. The van der Waals surface area contributed by atoms with E-state index in [-0.39, 0.29) is 5.57 Å². The van der Waals surface area contributed by atoms with Crippen molar-refractivity contribution in [3.63, 3.8) is 0 Å². The van der Waals surface area contributed by atoms with E-state index in [1.807, 2.05) is 6.07 Å². The van der Waals surface area contributed by atoms with Crippen LogP contribution in [0.25, 0.3) is 6.08 Å². The first-order valence-corrected chi connectivity index (χ1v) is 6.79. The monoisotopic (exact) mass is 312 g/mol. The number of nitrogens with one attached hydrogen (secondary N) is 1. The molecule has 0 saturated heterocycles. The molecule has 6 heteroatoms. The van der Waals surface area contributed by atoms with Crippen LogP contribution in [0.5, 0.6) is 11.5 Å². The number of amides is 1. The number of benzene rings is 1. The maximum atomic E-state index is 12.3. The Labute approximate surface area is 133 Å². The Morgan fingerprint density at radius 3 is 2.61 bits per heavy atom. The van der Waals surface area contributed by atoms with Gasteiger partial charge in [0.1, 0.15) is 34.7 Å². The third-order valence-electron chi connectivity index (χ3n) is 3.07. The predicted molar refractivity (Wildman–Crippen MR) is 85.2 cm³/mol. The van der Waals surface area contributed by atoms with Crippen molar-refractivity contribution in [3.8, 4) is 17.6 Å². The Morgan fingerprint density at radius 1 is 1.26 bits per heavy atom. The fraction of sp³-hybridized carbons (Fsp3) is 0.176. The Morgan fingerprint density at radius 2 is 2.04 bits per heavy atom. The summed E-state index contributed by atoms with van der Waals surface area (Å²) in [5, 5.41) is 11.8. The van der Waals surface area contributed by atoms with Gasteiger partial charge in [-0.05, 0) is 31.2 Å². The Bertz CT molecular complexity index is 784. The predicted octanol–water partition coefficient (Wildman–Crippen LogP) is 3.15. The van der Waals surface area contributed by atoms with Gasteiger partial charge < -0.3 is 19.2 Å². The average molecular weight is 312 g/mol. The first-order chi connectivity index (χ1) is 11.1. The highest BCUT2D eigenvalue weighted by molar-refractivity contribution is 6.10. The number of anilines is 1. The molecule has 0 unspecified atom stereocenters. The molecular formula is C17H16N2O4. The lowest BCUT2D eigenvalue weighted by atomic mass is 10.2. The van der Waals surface area contributed by atoms with Gasteiger partial charge in [-0.1, -0.05) is 0 Å². The van der Waals surface area contributed by atoms with Crippen LogP contribution in [0.2, 0.25) is 0 Å². The van der Waals surface area contributed by atoms with Crippen LogP contribution in [0.3, 0.4) is 0 Å². The topological polar surface area (TPSA) is 84.5 Å². The van der Waals surface area contributed by atoms with Crippen LogP contribution < -0.4 is 14.8 Å². The molecule has 0 aliphatic heterocycles. The minimum Gasteiger partial charge on any atom is -0.497 e. The largest absolute Gasteiger partial charge is 0.497 e. The summed E-state index contributed by atoms with van der Waals surface area (Å²) in [6, 6.07) is 10.3. The van der Waals surface area contributed by atoms with E-state index in [1.54, 1.807) is 37.3 Å². The van der Waals surface area contributed by atoms with Gasteiger partial charge in [0.2, 0.25) is 0 Å². The molecule has 0 radical (unpaired) electrons. The van der Waals surface area contributed by atoms with Crippen LogP contribution in [0.1, 0.15) is 11.5 Å². The maximum absolute atomic E-state index is 12.3. The molecule has 0 aliphatic carbocycles. The fourth-order valence-electron chi connectivity index (χ4n) is 1.92. The summed E-state index contributed by atoms with van der Waals surface area (Å²) < 4.78 is 15.7. The second-order valence-corrected chi connectivity index (χ2v) is 4.64. The molecule has 1 heterocycles. The molecule has 118 valence electrons. The number of hydrogen-bond acceptors (Lipinski definition) is 5. The molecule has 1 aromatic heterocycles. The highest BCUT2D eigenvalue weighted by Crippen LogP contribution is 2.29. The van der Waals surface area contributed by atoms with Crippen LogP contribution >= 0.6 is 0 Å². The van der Waals surface area contributed by atoms with Crippen molar-refractivity contribution >= 4 is 17.7 Å².